The second kappa shape index (κ2) is 5.18. The molecule has 0 bridgehead atoms. The Morgan fingerprint density at radius 3 is 2.44 bits per heavy atom. The number of amides is 2. The summed E-state index contributed by atoms with van der Waals surface area (Å²) in [5.74, 6) is -0.550. The Morgan fingerprint density at radius 1 is 1.44 bits per heavy atom. The summed E-state index contributed by atoms with van der Waals surface area (Å²) >= 11 is 0. The van der Waals surface area contributed by atoms with Crippen LogP contribution in [0, 0.1) is 11.8 Å². The Morgan fingerprint density at radius 2 is 2.06 bits per heavy atom. The molecule has 0 aromatic carbocycles. The van der Waals surface area contributed by atoms with Crippen molar-refractivity contribution in [3.63, 3.8) is 0 Å². The van der Waals surface area contributed by atoms with Crippen LogP contribution in [-0.2, 0) is 4.79 Å². The topological polar surface area (TPSA) is 78.4 Å². The lowest BCUT2D eigenvalue weighted by molar-refractivity contribution is -0.140. The van der Waals surface area contributed by atoms with Crippen LogP contribution < -0.4 is 10.6 Å². The quantitative estimate of drug-likeness (QED) is 0.661. The molecule has 1 aliphatic carbocycles. The molecular formula is C11H20N2O3. The molecule has 1 rings (SSSR count). The van der Waals surface area contributed by atoms with Crippen molar-refractivity contribution in [2.45, 2.75) is 45.7 Å². The van der Waals surface area contributed by atoms with Crippen LogP contribution in [0.25, 0.3) is 0 Å². The van der Waals surface area contributed by atoms with Gasteiger partial charge in [0, 0.05) is 6.04 Å². The highest BCUT2D eigenvalue weighted by molar-refractivity contribution is 5.83. The Kier molecular flexibility index (Phi) is 4.15. The van der Waals surface area contributed by atoms with Crippen molar-refractivity contribution in [2.75, 3.05) is 0 Å². The summed E-state index contributed by atoms with van der Waals surface area (Å²) in [4.78, 5) is 22.3. The Bertz CT molecular complexity index is 278. The number of carboxylic acids is 1. The van der Waals surface area contributed by atoms with Crippen molar-refractivity contribution in [3.05, 3.63) is 0 Å². The molecule has 0 spiro atoms. The number of rotatable bonds is 5. The van der Waals surface area contributed by atoms with Gasteiger partial charge in [-0.05, 0) is 18.3 Å². The van der Waals surface area contributed by atoms with Gasteiger partial charge in [-0.3, -0.25) is 0 Å². The SMILES string of the molecule is CCC1CC1NC(=O)N[C@@H](C(=O)O)C(C)C. The summed E-state index contributed by atoms with van der Waals surface area (Å²) < 4.78 is 0. The average Bonchev–Trinajstić information content (AvgIpc) is 2.91. The Balaban J connectivity index is 2.35. The van der Waals surface area contributed by atoms with Gasteiger partial charge < -0.3 is 15.7 Å². The van der Waals surface area contributed by atoms with E-state index in [1.807, 2.05) is 0 Å². The van der Waals surface area contributed by atoms with Crippen LogP contribution in [-0.4, -0.2) is 29.2 Å². The molecule has 3 N–H and O–H groups in total. The van der Waals surface area contributed by atoms with E-state index in [0.717, 1.165) is 12.8 Å². The van der Waals surface area contributed by atoms with E-state index in [9.17, 15) is 9.59 Å². The van der Waals surface area contributed by atoms with Crippen LogP contribution >= 0.6 is 0 Å². The number of aliphatic carboxylic acids is 1. The predicted molar refractivity (Wildman–Crippen MR) is 60.1 cm³/mol. The van der Waals surface area contributed by atoms with Gasteiger partial charge >= 0.3 is 12.0 Å². The maximum atomic E-state index is 11.5. The molecule has 2 amide bonds. The zero-order chi connectivity index (χ0) is 12.3. The number of carbonyl (C=O) groups is 2. The van der Waals surface area contributed by atoms with Gasteiger partial charge in [0.15, 0.2) is 0 Å². The third-order valence-corrected chi connectivity index (χ3v) is 2.98. The van der Waals surface area contributed by atoms with Crippen molar-refractivity contribution in [1.82, 2.24) is 10.6 Å². The Hall–Kier alpha value is -1.26. The smallest absolute Gasteiger partial charge is 0.326 e. The first-order valence-corrected chi connectivity index (χ1v) is 5.75. The van der Waals surface area contributed by atoms with Crippen LogP contribution in [0.3, 0.4) is 0 Å². The molecule has 5 nitrogen and oxygen atoms in total. The average molecular weight is 228 g/mol. The molecule has 2 unspecified atom stereocenters. The minimum atomic E-state index is -0.993. The Labute approximate surface area is 95.6 Å². The van der Waals surface area contributed by atoms with Gasteiger partial charge in [0.25, 0.3) is 0 Å². The van der Waals surface area contributed by atoms with Gasteiger partial charge in [-0.15, -0.1) is 0 Å². The summed E-state index contributed by atoms with van der Waals surface area (Å²) in [6.07, 6.45) is 2.06. The first-order valence-electron chi connectivity index (χ1n) is 5.75. The summed E-state index contributed by atoms with van der Waals surface area (Å²) in [5, 5.41) is 14.2. The summed E-state index contributed by atoms with van der Waals surface area (Å²) in [7, 11) is 0. The van der Waals surface area contributed by atoms with Crippen molar-refractivity contribution in [2.24, 2.45) is 11.8 Å². The minimum Gasteiger partial charge on any atom is -0.480 e. The molecule has 0 aromatic heterocycles. The van der Waals surface area contributed by atoms with Gasteiger partial charge in [0.2, 0.25) is 0 Å². The first kappa shape index (κ1) is 12.8. The highest BCUT2D eigenvalue weighted by atomic mass is 16.4. The van der Waals surface area contributed by atoms with Gasteiger partial charge in [-0.25, -0.2) is 9.59 Å². The van der Waals surface area contributed by atoms with Crippen LogP contribution in [0.4, 0.5) is 4.79 Å². The maximum absolute atomic E-state index is 11.5. The lowest BCUT2D eigenvalue weighted by Crippen LogP contribution is -2.49. The lowest BCUT2D eigenvalue weighted by atomic mass is 10.1. The summed E-state index contributed by atoms with van der Waals surface area (Å²) in [5.41, 5.74) is 0. The largest absolute Gasteiger partial charge is 0.480 e. The van der Waals surface area contributed by atoms with E-state index in [4.69, 9.17) is 5.11 Å². The van der Waals surface area contributed by atoms with Gasteiger partial charge in [0.05, 0.1) is 0 Å². The van der Waals surface area contributed by atoms with Crippen molar-refractivity contribution in [1.29, 1.82) is 0 Å². The van der Waals surface area contributed by atoms with Crippen molar-refractivity contribution >= 4 is 12.0 Å². The fourth-order valence-corrected chi connectivity index (χ4v) is 1.74. The van der Waals surface area contributed by atoms with Crippen molar-refractivity contribution in [3.8, 4) is 0 Å². The number of nitrogens with one attached hydrogen (secondary N) is 2. The molecular weight excluding hydrogens is 208 g/mol. The third kappa shape index (κ3) is 3.40. The molecule has 16 heavy (non-hydrogen) atoms. The van der Waals surface area contributed by atoms with Gasteiger partial charge in [0.1, 0.15) is 6.04 Å². The zero-order valence-corrected chi connectivity index (χ0v) is 9.99. The lowest BCUT2D eigenvalue weighted by Gasteiger charge is -2.18. The predicted octanol–water partition coefficient (Wildman–Crippen LogP) is 1.19. The standard InChI is InChI=1S/C11H20N2O3/c1-4-7-5-8(7)12-11(16)13-9(6(2)3)10(14)15/h6-9H,4-5H2,1-3H3,(H,14,15)(H2,12,13,16)/t7?,8?,9-/m1/s1. The molecule has 5 heteroatoms. The number of urea groups is 1. The number of hydrogen-bond acceptors (Lipinski definition) is 2. The molecule has 0 saturated heterocycles. The molecule has 0 radical (unpaired) electrons. The maximum Gasteiger partial charge on any atom is 0.326 e. The molecule has 1 fully saturated rings. The van der Waals surface area contributed by atoms with E-state index in [1.165, 1.54) is 0 Å². The number of hydrogen-bond donors (Lipinski definition) is 3. The van der Waals surface area contributed by atoms with E-state index in [-0.39, 0.29) is 18.0 Å². The highest BCUT2D eigenvalue weighted by Crippen LogP contribution is 2.32. The van der Waals surface area contributed by atoms with Crippen LogP contribution in [0.5, 0.6) is 0 Å². The fraction of sp³-hybridized carbons (Fsp3) is 0.818. The second-order valence-electron chi connectivity index (χ2n) is 4.69. The second-order valence-corrected chi connectivity index (χ2v) is 4.69. The zero-order valence-electron chi connectivity index (χ0n) is 9.99. The third-order valence-electron chi connectivity index (χ3n) is 2.98. The molecule has 1 aliphatic rings. The summed E-state index contributed by atoms with van der Waals surface area (Å²) in [6, 6.07) is -0.965. The van der Waals surface area contributed by atoms with E-state index in [0.29, 0.717) is 5.92 Å². The van der Waals surface area contributed by atoms with Crippen molar-refractivity contribution < 1.29 is 14.7 Å². The number of carbonyl (C=O) groups excluding carboxylic acids is 1. The van der Waals surface area contributed by atoms with Crippen LogP contribution in [0.1, 0.15) is 33.6 Å². The first-order chi connectivity index (χ1) is 7.45. The van der Waals surface area contributed by atoms with Gasteiger partial charge in [-0.1, -0.05) is 27.2 Å². The van der Waals surface area contributed by atoms with E-state index in [1.54, 1.807) is 13.8 Å². The van der Waals surface area contributed by atoms with E-state index in [2.05, 4.69) is 17.6 Å². The molecule has 0 heterocycles. The van der Waals surface area contributed by atoms with E-state index >= 15 is 0 Å². The highest BCUT2D eigenvalue weighted by Gasteiger charge is 2.37. The van der Waals surface area contributed by atoms with Gasteiger partial charge in [-0.2, -0.15) is 0 Å². The number of carboxylic acid groups (broad SMARTS) is 1. The summed E-state index contributed by atoms with van der Waals surface area (Å²) in [6.45, 7) is 5.62. The normalized spacial score (nSPS) is 25.0. The molecule has 3 atom stereocenters. The monoisotopic (exact) mass is 228 g/mol. The molecule has 0 aromatic rings. The molecule has 1 saturated carbocycles. The van der Waals surface area contributed by atoms with E-state index < -0.39 is 12.0 Å². The molecule has 0 aliphatic heterocycles. The van der Waals surface area contributed by atoms with Crippen LogP contribution in [0.2, 0.25) is 0 Å². The fourth-order valence-electron chi connectivity index (χ4n) is 1.74. The van der Waals surface area contributed by atoms with Crippen LogP contribution in [0.15, 0.2) is 0 Å². The molecule has 92 valence electrons. The minimum absolute atomic E-state index is 0.121.